The van der Waals surface area contributed by atoms with Crippen molar-refractivity contribution in [2.75, 3.05) is 5.32 Å². The van der Waals surface area contributed by atoms with Crippen molar-refractivity contribution in [1.82, 2.24) is 4.98 Å². The van der Waals surface area contributed by atoms with Gasteiger partial charge in [0, 0.05) is 39.5 Å². The maximum atomic E-state index is 13.5. The average molecular weight is 306 g/mol. The van der Waals surface area contributed by atoms with Crippen LogP contribution in [0.3, 0.4) is 0 Å². The van der Waals surface area contributed by atoms with Gasteiger partial charge in [0.15, 0.2) is 0 Å². The fourth-order valence-electron chi connectivity index (χ4n) is 3.11. The number of hydrogen-bond acceptors (Lipinski definition) is 1. The van der Waals surface area contributed by atoms with E-state index in [2.05, 4.69) is 23.3 Å². The summed E-state index contributed by atoms with van der Waals surface area (Å²) in [4.78, 5) is 15.5. The van der Waals surface area contributed by atoms with Crippen LogP contribution in [0.25, 0.3) is 22.6 Å². The SMILES string of the molecule is CCc1cccc2c(/C=C3\C(=O)Nc4ccc(F)cc43)c[nH]c12. The predicted octanol–water partition coefficient (Wildman–Crippen LogP) is 4.36. The highest BCUT2D eigenvalue weighted by atomic mass is 19.1. The molecule has 0 saturated heterocycles. The molecule has 0 spiro atoms. The van der Waals surface area contributed by atoms with Gasteiger partial charge in [0.25, 0.3) is 5.91 Å². The number of carbonyl (C=O) groups is 1. The van der Waals surface area contributed by atoms with Gasteiger partial charge in [0.05, 0.1) is 0 Å². The molecule has 1 aromatic heterocycles. The Morgan fingerprint density at radius 3 is 2.91 bits per heavy atom. The van der Waals surface area contributed by atoms with Gasteiger partial charge < -0.3 is 10.3 Å². The minimum Gasteiger partial charge on any atom is -0.360 e. The molecule has 0 saturated carbocycles. The van der Waals surface area contributed by atoms with Crippen LogP contribution in [0.5, 0.6) is 0 Å². The van der Waals surface area contributed by atoms with Gasteiger partial charge in [-0.05, 0) is 36.3 Å². The van der Waals surface area contributed by atoms with Gasteiger partial charge in [0.2, 0.25) is 0 Å². The van der Waals surface area contributed by atoms with Crippen LogP contribution in [-0.2, 0) is 11.2 Å². The summed E-state index contributed by atoms with van der Waals surface area (Å²) in [5, 5.41) is 3.84. The van der Waals surface area contributed by atoms with Gasteiger partial charge in [0.1, 0.15) is 5.82 Å². The Labute approximate surface area is 132 Å². The fourth-order valence-corrected chi connectivity index (χ4v) is 3.11. The Morgan fingerprint density at radius 2 is 2.09 bits per heavy atom. The van der Waals surface area contributed by atoms with E-state index in [4.69, 9.17) is 0 Å². The van der Waals surface area contributed by atoms with Crippen molar-refractivity contribution in [3.05, 3.63) is 65.1 Å². The van der Waals surface area contributed by atoms with Crippen LogP contribution in [0.15, 0.2) is 42.6 Å². The number of fused-ring (bicyclic) bond motifs is 2. The Morgan fingerprint density at radius 1 is 1.22 bits per heavy atom. The number of para-hydroxylation sites is 1. The largest absolute Gasteiger partial charge is 0.360 e. The molecule has 2 aromatic carbocycles. The normalized spacial score (nSPS) is 15.2. The summed E-state index contributed by atoms with van der Waals surface area (Å²) in [5.74, 6) is -0.551. The van der Waals surface area contributed by atoms with Crippen molar-refractivity contribution in [3.63, 3.8) is 0 Å². The first kappa shape index (κ1) is 13.8. The van der Waals surface area contributed by atoms with Crippen molar-refractivity contribution in [2.24, 2.45) is 0 Å². The molecule has 23 heavy (non-hydrogen) atoms. The second-order valence-corrected chi connectivity index (χ2v) is 5.64. The van der Waals surface area contributed by atoms with Gasteiger partial charge >= 0.3 is 0 Å². The topological polar surface area (TPSA) is 44.9 Å². The molecule has 3 nitrogen and oxygen atoms in total. The summed E-state index contributed by atoms with van der Waals surface area (Å²) < 4.78 is 13.5. The number of halogens is 1. The van der Waals surface area contributed by atoms with Crippen molar-refractivity contribution >= 4 is 34.1 Å². The molecule has 4 rings (SSSR count). The van der Waals surface area contributed by atoms with E-state index >= 15 is 0 Å². The first-order valence-electron chi connectivity index (χ1n) is 7.59. The van der Waals surface area contributed by atoms with Crippen LogP contribution in [-0.4, -0.2) is 10.9 Å². The number of rotatable bonds is 2. The lowest BCUT2D eigenvalue weighted by Crippen LogP contribution is -2.03. The Kier molecular flexibility index (Phi) is 3.05. The minimum absolute atomic E-state index is 0.202. The van der Waals surface area contributed by atoms with Crippen LogP contribution in [0.1, 0.15) is 23.6 Å². The standard InChI is InChI=1S/C19H15FN2O/c1-2-11-4-3-5-14-12(10-21-18(11)14)8-16-15-9-13(20)6-7-17(15)22-19(16)23/h3-10,21H,2H2,1H3,(H,22,23)/b16-8-. The highest BCUT2D eigenvalue weighted by Crippen LogP contribution is 2.35. The molecular weight excluding hydrogens is 291 g/mol. The first-order chi connectivity index (χ1) is 11.2. The second kappa shape index (κ2) is 5.09. The molecule has 1 amide bonds. The summed E-state index contributed by atoms with van der Waals surface area (Å²) in [6.07, 6.45) is 4.64. The zero-order valence-corrected chi connectivity index (χ0v) is 12.6. The van der Waals surface area contributed by atoms with E-state index in [1.54, 1.807) is 6.07 Å². The Hall–Kier alpha value is -2.88. The summed E-state index contributed by atoms with van der Waals surface area (Å²) in [7, 11) is 0. The summed E-state index contributed by atoms with van der Waals surface area (Å²) >= 11 is 0. The third kappa shape index (κ3) is 2.14. The molecule has 0 unspecified atom stereocenters. The van der Waals surface area contributed by atoms with E-state index in [1.807, 2.05) is 24.4 Å². The maximum absolute atomic E-state index is 13.5. The number of hydrogen-bond donors (Lipinski definition) is 2. The fraction of sp³-hybridized carbons (Fsp3) is 0.105. The average Bonchev–Trinajstić information content (AvgIpc) is 3.10. The van der Waals surface area contributed by atoms with Crippen LogP contribution >= 0.6 is 0 Å². The molecule has 114 valence electrons. The van der Waals surface area contributed by atoms with Gasteiger partial charge in [-0.1, -0.05) is 25.1 Å². The van der Waals surface area contributed by atoms with Crippen molar-refractivity contribution in [2.45, 2.75) is 13.3 Å². The molecular formula is C19H15FN2O. The van der Waals surface area contributed by atoms with Crippen molar-refractivity contribution < 1.29 is 9.18 Å². The molecule has 1 aliphatic rings. The van der Waals surface area contributed by atoms with E-state index < -0.39 is 0 Å². The lowest BCUT2D eigenvalue weighted by atomic mass is 10.0. The van der Waals surface area contributed by atoms with Gasteiger partial charge in [-0.2, -0.15) is 0 Å². The van der Waals surface area contributed by atoms with Gasteiger partial charge in [-0.3, -0.25) is 4.79 Å². The first-order valence-corrected chi connectivity index (χ1v) is 7.59. The third-order valence-electron chi connectivity index (χ3n) is 4.28. The van der Waals surface area contributed by atoms with Crippen molar-refractivity contribution in [1.29, 1.82) is 0 Å². The number of aryl methyl sites for hydroxylation is 1. The molecule has 2 heterocycles. The van der Waals surface area contributed by atoms with Gasteiger partial charge in [-0.15, -0.1) is 0 Å². The van der Waals surface area contributed by atoms with E-state index in [0.29, 0.717) is 16.8 Å². The van der Waals surface area contributed by atoms with E-state index in [1.165, 1.54) is 17.7 Å². The van der Waals surface area contributed by atoms with E-state index in [0.717, 1.165) is 22.9 Å². The number of aromatic amines is 1. The van der Waals surface area contributed by atoms with Crippen LogP contribution < -0.4 is 5.32 Å². The molecule has 0 bridgehead atoms. The lowest BCUT2D eigenvalue weighted by Gasteiger charge is -2.00. The number of benzene rings is 2. The number of carbonyl (C=O) groups excluding carboxylic acids is 1. The Balaban J connectivity index is 1.89. The molecule has 0 aliphatic carbocycles. The van der Waals surface area contributed by atoms with Crippen molar-refractivity contribution in [3.8, 4) is 0 Å². The quantitative estimate of drug-likeness (QED) is 0.679. The molecule has 0 atom stereocenters. The summed E-state index contributed by atoms with van der Waals surface area (Å²) in [5.41, 5.74) is 4.99. The summed E-state index contributed by atoms with van der Waals surface area (Å²) in [6, 6.07) is 10.5. The number of anilines is 1. The van der Waals surface area contributed by atoms with E-state index in [9.17, 15) is 9.18 Å². The highest BCUT2D eigenvalue weighted by molar-refractivity contribution is 6.35. The predicted molar refractivity (Wildman–Crippen MR) is 90.6 cm³/mol. The number of H-pyrrole nitrogens is 1. The molecule has 0 fully saturated rings. The van der Waals surface area contributed by atoms with Crippen LogP contribution in [0.4, 0.5) is 10.1 Å². The maximum Gasteiger partial charge on any atom is 0.256 e. The monoisotopic (exact) mass is 306 g/mol. The number of nitrogens with one attached hydrogen (secondary N) is 2. The minimum atomic E-state index is -0.349. The molecule has 1 aliphatic heterocycles. The zero-order valence-electron chi connectivity index (χ0n) is 12.6. The number of amides is 1. The Bertz CT molecular complexity index is 969. The molecule has 3 aromatic rings. The molecule has 2 N–H and O–H groups in total. The molecule has 0 radical (unpaired) electrons. The number of aromatic nitrogens is 1. The lowest BCUT2D eigenvalue weighted by molar-refractivity contribution is -0.110. The van der Waals surface area contributed by atoms with Crippen LogP contribution in [0.2, 0.25) is 0 Å². The van der Waals surface area contributed by atoms with Crippen LogP contribution in [0, 0.1) is 5.82 Å². The smallest absolute Gasteiger partial charge is 0.256 e. The van der Waals surface area contributed by atoms with Gasteiger partial charge in [-0.25, -0.2) is 4.39 Å². The summed E-state index contributed by atoms with van der Waals surface area (Å²) in [6.45, 7) is 2.11. The molecule has 4 heteroatoms. The second-order valence-electron chi connectivity index (χ2n) is 5.64. The highest BCUT2D eigenvalue weighted by Gasteiger charge is 2.24. The third-order valence-corrected chi connectivity index (χ3v) is 4.28. The van der Waals surface area contributed by atoms with E-state index in [-0.39, 0.29) is 11.7 Å². The zero-order chi connectivity index (χ0) is 16.0.